The van der Waals surface area contributed by atoms with Crippen LogP contribution in [-0.2, 0) is 10.2 Å². The van der Waals surface area contributed by atoms with Gasteiger partial charge in [0.05, 0.1) is 0 Å². The summed E-state index contributed by atoms with van der Waals surface area (Å²) in [6.45, 7) is 1.85. The minimum absolute atomic E-state index is 0. The van der Waals surface area contributed by atoms with Gasteiger partial charge in [0.25, 0.3) is 0 Å². The van der Waals surface area contributed by atoms with E-state index >= 15 is 0 Å². The summed E-state index contributed by atoms with van der Waals surface area (Å²) >= 11 is 0. The molecule has 5 nitrogen and oxygen atoms in total. The third kappa shape index (κ3) is 5.29. The molecule has 1 aromatic rings. The van der Waals surface area contributed by atoms with Gasteiger partial charge in [0.2, 0.25) is 5.91 Å². The first-order valence-electron chi connectivity index (χ1n) is 8.62. The second kappa shape index (κ2) is 8.82. The molecule has 2 aliphatic carbocycles. The molecule has 0 spiro atoms. The molecule has 25 heavy (non-hydrogen) atoms. The van der Waals surface area contributed by atoms with Crippen molar-refractivity contribution in [2.45, 2.75) is 31.1 Å². The van der Waals surface area contributed by atoms with E-state index in [-0.39, 0.29) is 47.0 Å². The molecule has 2 fully saturated rings. The number of hydrogen-bond donors (Lipinski definition) is 3. The van der Waals surface area contributed by atoms with Crippen molar-refractivity contribution in [2.75, 3.05) is 26.7 Å². The lowest BCUT2D eigenvalue weighted by molar-refractivity contribution is -0.122. The average Bonchev–Trinajstić information content (AvgIpc) is 3.48. The first kappa shape index (κ1) is 19.9. The summed E-state index contributed by atoms with van der Waals surface area (Å²) in [5.41, 5.74) is 0.660. The van der Waals surface area contributed by atoms with Gasteiger partial charge in [-0.1, -0.05) is 18.2 Å². The van der Waals surface area contributed by atoms with Crippen molar-refractivity contribution in [1.29, 1.82) is 0 Å². The van der Waals surface area contributed by atoms with Crippen LogP contribution in [0, 0.1) is 11.7 Å². The normalized spacial score (nSPS) is 18.1. The Morgan fingerprint density at radius 1 is 1.20 bits per heavy atom. The Kier molecular flexibility index (Phi) is 7.04. The van der Waals surface area contributed by atoms with Gasteiger partial charge >= 0.3 is 0 Å². The quantitative estimate of drug-likeness (QED) is 0.253. The number of carbonyl (C=O) groups excluding carboxylic acids is 1. The maximum absolute atomic E-state index is 14.0. The maximum atomic E-state index is 14.0. The van der Waals surface area contributed by atoms with E-state index in [1.807, 2.05) is 12.1 Å². The van der Waals surface area contributed by atoms with Crippen LogP contribution in [0.1, 0.15) is 31.2 Å². The Morgan fingerprint density at radius 3 is 2.48 bits per heavy atom. The third-order valence-corrected chi connectivity index (χ3v) is 4.78. The monoisotopic (exact) mass is 460 g/mol. The summed E-state index contributed by atoms with van der Waals surface area (Å²) in [5, 5.41) is 9.37. The zero-order valence-electron chi connectivity index (χ0n) is 14.5. The molecule has 0 radical (unpaired) electrons. The number of aliphatic imine (C=N–C) groups is 1. The lowest BCUT2D eigenvalue weighted by Crippen LogP contribution is -2.44. The number of nitrogens with zero attached hydrogens (tertiary/aromatic N) is 1. The molecular formula is C18H26FIN4O. The fourth-order valence-electron chi connectivity index (χ4n) is 2.91. The van der Waals surface area contributed by atoms with Gasteiger partial charge in [0, 0.05) is 38.0 Å². The van der Waals surface area contributed by atoms with Gasteiger partial charge in [-0.15, -0.1) is 24.0 Å². The minimum atomic E-state index is -0.137. The molecule has 2 aliphatic rings. The molecule has 7 heteroatoms. The van der Waals surface area contributed by atoms with Gasteiger partial charge in [-0.2, -0.15) is 0 Å². The second-order valence-electron chi connectivity index (χ2n) is 6.68. The number of carbonyl (C=O) groups is 1. The summed E-state index contributed by atoms with van der Waals surface area (Å²) in [7, 11) is 1.71. The van der Waals surface area contributed by atoms with Crippen molar-refractivity contribution < 1.29 is 9.18 Å². The largest absolute Gasteiger partial charge is 0.356 e. The second-order valence-corrected chi connectivity index (χ2v) is 6.68. The first-order chi connectivity index (χ1) is 11.6. The first-order valence-corrected chi connectivity index (χ1v) is 8.62. The van der Waals surface area contributed by atoms with Gasteiger partial charge in [-0.3, -0.25) is 9.79 Å². The van der Waals surface area contributed by atoms with E-state index < -0.39 is 0 Å². The fraction of sp³-hybridized carbons (Fsp3) is 0.556. The summed E-state index contributed by atoms with van der Waals surface area (Å²) in [4.78, 5) is 15.7. The van der Waals surface area contributed by atoms with Crippen LogP contribution in [0.4, 0.5) is 4.39 Å². The summed E-state index contributed by atoms with van der Waals surface area (Å²) in [5.74, 6) is 0.926. The van der Waals surface area contributed by atoms with Crippen LogP contribution < -0.4 is 16.0 Å². The van der Waals surface area contributed by atoms with Crippen LogP contribution in [0.2, 0.25) is 0 Å². The molecule has 2 saturated carbocycles. The standard InChI is InChI=1S/C18H25FN4O.HI/c1-20-17(22-11-10-21-16(24)13-6-7-13)23-12-18(8-9-18)14-4-2-3-5-15(14)19;/h2-5,13H,6-12H2,1H3,(H,21,24)(H2,20,22,23);1H. The van der Waals surface area contributed by atoms with E-state index in [1.165, 1.54) is 6.07 Å². The highest BCUT2D eigenvalue weighted by molar-refractivity contribution is 14.0. The van der Waals surface area contributed by atoms with Crippen molar-refractivity contribution in [3.8, 4) is 0 Å². The Hall–Kier alpha value is -1.38. The third-order valence-electron chi connectivity index (χ3n) is 4.78. The van der Waals surface area contributed by atoms with Crippen molar-refractivity contribution >= 4 is 35.8 Å². The molecule has 0 unspecified atom stereocenters. The molecule has 0 aromatic heterocycles. The minimum Gasteiger partial charge on any atom is -0.356 e. The SMILES string of the molecule is CN=C(NCCNC(=O)C1CC1)NCC1(c2ccccc2F)CC1.I. The molecular weight excluding hydrogens is 434 g/mol. The number of rotatable bonds is 7. The van der Waals surface area contributed by atoms with Crippen molar-refractivity contribution in [1.82, 2.24) is 16.0 Å². The fourth-order valence-corrected chi connectivity index (χ4v) is 2.91. The molecule has 0 bridgehead atoms. The average molecular weight is 460 g/mol. The zero-order valence-corrected chi connectivity index (χ0v) is 16.8. The lowest BCUT2D eigenvalue weighted by atomic mass is 9.95. The van der Waals surface area contributed by atoms with E-state index in [4.69, 9.17) is 0 Å². The Labute approximate surface area is 165 Å². The van der Waals surface area contributed by atoms with Crippen LogP contribution in [0.3, 0.4) is 0 Å². The highest BCUT2D eigenvalue weighted by Gasteiger charge is 2.45. The van der Waals surface area contributed by atoms with Gasteiger partial charge in [0.15, 0.2) is 5.96 Å². The van der Waals surface area contributed by atoms with Crippen molar-refractivity contribution in [3.63, 3.8) is 0 Å². The predicted molar refractivity (Wildman–Crippen MR) is 108 cm³/mol. The van der Waals surface area contributed by atoms with Gasteiger partial charge in [-0.05, 0) is 37.3 Å². The Balaban J connectivity index is 0.00000225. The van der Waals surface area contributed by atoms with Crippen LogP contribution in [0.5, 0.6) is 0 Å². The molecule has 0 atom stereocenters. The van der Waals surface area contributed by atoms with Gasteiger partial charge in [-0.25, -0.2) is 4.39 Å². The molecule has 0 aliphatic heterocycles. The van der Waals surface area contributed by atoms with E-state index in [0.29, 0.717) is 25.6 Å². The highest BCUT2D eigenvalue weighted by atomic mass is 127. The molecule has 3 N–H and O–H groups in total. The molecule has 1 aromatic carbocycles. The summed E-state index contributed by atoms with van der Waals surface area (Å²) < 4.78 is 14.0. The topological polar surface area (TPSA) is 65.5 Å². The number of hydrogen-bond acceptors (Lipinski definition) is 2. The maximum Gasteiger partial charge on any atom is 0.223 e. The highest BCUT2D eigenvalue weighted by Crippen LogP contribution is 2.48. The van der Waals surface area contributed by atoms with Crippen molar-refractivity contribution in [2.24, 2.45) is 10.9 Å². The molecule has 0 heterocycles. The predicted octanol–water partition coefficient (Wildman–Crippen LogP) is 2.17. The van der Waals surface area contributed by atoms with E-state index in [9.17, 15) is 9.18 Å². The smallest absolute Gasteiger partial charge is 0.223 e. The van der Waals surface area contributed by atoms with Crippen LogP contribution in [0.25, 0.3) is 0 Å². The lowest BCUT2D eigenvalue weighted by Gasteiger charge is -2.19. The van der Waals surface area contributed by atoms with Crippen LogP contribution in [-0.4, -0.2) is 38.5 Å². The zero-order chi connectivity index (χ0) is 17.0. The summed E-state index contributed by atoms with van der Waals surface area (Å²) in [6.07, 6.45) is 3.99. The number of benzene rings is 1. The number of guanidine groups is 1. The Morgan fingerprint density at radius 2 is 1.88 bits per heavy atom. The molecule has 3 rings (SSSR count). The van der Waals surface area contributed by atoms with Crippen LogP contribution in [0.15, 0.2) is 29.3 Å². The number of halogens is 2. The molecule has 138 valence electrons. The van der Waals surface area contributed by atoms with Gasteiger partial charge < -0.3 is 16.0 Å². The number of nitrogens with one attached hydrogen (secondary N) is 3. The number of amides is 1. The molecule has 0 saturated heterocycles. The van der Waals surface area contributed by atoms with E-state index in [0.717, 1.165) is 31.2 Å². The van der Waals surface area contributed by atoms with E-state index in [1.54, 1.807) is 13.1 Å². The van der Waals surface area contributed by atoms with E-state index in [2.05, 4.69) is 20.9 Å². The Bertz CT molecular complexity index is 629. The summed E-state index contributed by atoms with van der Waals surface area (Å²) in [6, 6.07) is 6.99. The van der Waals surface area contributed by atoms with Crippen LogP contribution >= 0.6 is 24.0 Å². The molecule has 1 amide bonds. The van der Waals surface area contributed by atoms with Crippen molar-refractivity contribution in [3.05, 3.63) is 35.6 Å². The van der Waals surface area contributed by atoms with Gasteiger partial charge in [0.1, 0.15) is 5.82 Å².